The van der Waals surface area contributed by atoms with Crippen LogP contribution in [0.2, 0.25) is 5.02 Å². The quantitative estimate of drug-likeness (QED) is 0.511. The number of pyridine rings is 1. The van der Waals surface area contributed by atoms with E-state index in [9.17, 15) is 4.79 Å². The summed E-state index contributed by atoms with van der Waals surface area (Å²) >= 11 is 7.42. The lowest BCUT2D eigenvalue weighted by Gasteiger charge is -2.12. The maximum Gasteiger partial charge on any atom is 0.267 e. The molecule has 1 saturated heterocycles. The summed E-state index contributed by atoms with van der Waals surface area (Å²) in [4.78, 5) is 23.5. The van der Waals surface area contributed by atoms with Crippen LogP contribution < -0.4 is 9.47 Å². The van der Waals surface area contributed by atoms with E-state index >= 15 is 0 Å². The molecule has 1 aromatic heterocycles. The first-order valence-electron chi connectivity index (χ1n) is 8.30. The lowest BCUT2D eigenvalue weighted by Crippen LogP contribution is -2.29. The molecule has 0 aliphatic carbocycles. The maximum absolute atomic E-state index is 12.9. The number of hydrogen-bond donors (Lipinski definition) is 0. The molecule has 0 bridgehead atoms. The Morgan fingerprint density at radius 1 is 1.32 bits per heavy atom. The van der Waals surface area contributed by atoms with E-state index in [2.05, 4.69) is 16.6 Å². The summed E-state index contributed by atoms with van der Waals surface area (Å²) in [5, 5.41) is 0.930. The van der Waals surface area contributed by atoms with Crippen molar-refractivity contribution in [2.45, 2.75) is 0 Å². The summed E-state index contributed by atoms with van der Waals surface area (Å²) in [5.41, 5.74) is 1.28. The fraction of sp³-hybridized carbons (Fsp3) is 0.150. The molecule has 1 aliphatic rings. The van der Waals surface area contributed by atoms with E-state index in [0.29, 0.717) is 38.8 Å². The Labute approximate surface area is 172 Å². The number of carbonyl (C=O) groups is 1. The molecule has 1 amide bonds. The number of carbonyl (C=O) groups excluding carboxylic acids is 1. The molecule has 0 saturated carbocycles. The van der Waals surface area contributed by atoms with E-state index < -0.39 is 0 Å². The summed E-state index contributed by atoms with van der Waals surface area (Å²) in [6, 6.07) is 7.10. The number of amidine groups is 1. The molecule has 6 nitrogen and oxygen atoms in total. The molecular weight excluding hydrogens is 398 g/mol. The van der Waals surface area contributed by atoms with E-state index in [0.717, 1.165) is 5.56 Å². The van der Waals surface area contributed by atoms with Crippen LogP contribution in [0.3, 0.4) is 0 Å². The van der Waals surface area contributed by atoms with Crippen molar-refractivity contribution < 1.29 is 14.3 Å². The number of methoxy groups -OCH3 is 2. The molecule has 0 unspecified atom stereocenters. The SMILES string of the molecule is C=CCN1C(=O)/C(=C/c2cc(OC)ccc2OC)SC1=Nc1ccncc1Cl. The number of nitrogens with zero attached hydrogens (tertiary/aromatic N) is 3. The predicted octanol–water partition coefficient (Wildman–Crippen LogP) is 4.54. The number of benzene rings is 1. The van der Waals surface area contributed by atoms with Crippen molar-refractivity contribution in [1.29, 1.82) is 0 Å². The van der Waals surface area contributed by atoms with Gasteiger partial charge in [-0.1, -0.05) is 17.7 Å². The summed E-state index contributed by atoms with van der Waals surface area (Å²) in [7, 11) is 3.17. The van der Waals surface area contributed by atoms with Crippen LogP contribution in [0.4, 0.5) is 5.69 Å². The zero-order chi connectivity index (χ0) is 20.1. The summed E-state index contributed by atoms with van der Waals surface area (Å²) in [6.07, 6.45) is 6.53. The molecule has 2 aromatic rings. The monoisotopic (exact) mass is 415 g/mol. The first kappa shape index (κ1) is 20.0. The lowest BCUT2D eigenvalue weighted by molar-refractivity contribution is -0.121. The van der Waals surface area contributed by atoms with Crippen molar-refractivity contribution in [3.8, 4) is 11.5 Å². The highest BCUT2D eigenvalue weighted by atomic mass is 35.5. The van der Waals surface area contributed by atoms with Gasteiger partial charge in [0.1, 0.15) is 11.5 Å². The van der Waals surface area contributed by atoms with Crippen molar-refractivity contribution in [3.05, 3.63) is 64.8 Å². The molecule has 0 spiro atoms. The smallest absolute Gasteiger partial charge is 0.267 e. The molecule has 0 atom stereocenters. The largest absolute Gasteiger partial charge is 0.497 e. The Hall–Kier alpha value is -2.77. The van der Waals surface area contributed by atoms with Gasteiger partial charge in [-0.2, -0.15) is 0 Å². The van der Waals surface area contributed by atoms with Crippen LogP contribution >= 0.6 is 23.4 Å². The highest BCUT2D eigenvalue weighted by molar-refractivity contribution is 8.18. The van der Waals surface area contributed by atoms with Crippen molar-refractivity contribution in [3.63, 3.8) is 0 Å². The van der Waals surface area contributed by atoms with E-state index in [1.807, 2.05) is 6.07 Å². The second-order valence-corrected chi connectivity index (χ2v) is 7.06. The number of ether oxygens (including phenoxy) is 2. The Kier molecular flexibility index (Phi) is 6.38. The number of aliphatic imine (C=N–C) groups is 1. The van der Waals surface area contributed by atoms with E-state index in [1.165, 1.54) is 18.0 Å². The number of aromatic nitrogens is 1. The Morgan fingerprint density at radius 3 is 2.82 bits per heavy atom. The molecule has 0 radical (unpaired) electrons. The van der Waals surface area contributed by atoms with E-state index in [-0.39, 0.29) is 5.91 Å². The van der Waals surface area contributed by atoms with Crippen LogP contribution in [0.1, 0.15) is 5.56 Å². The zero-order valence-electron chi connectivity index (χ0n) is 15.4. The van der Waals surface area contributed by atoms with E-state index in [1.54, 1.807) is 55.7 Å². The highest BCUT2D eigenvalue weighted by Crippen LogP contribution is 2.37. The Morgan fingerprint density at radius 2 is 2.14 bits per heavy atom. The van der Waals surface area contributed by atoms with Crippen LogP contribution in [0.5, 0.6) is 11.5 Å². The molecule has 28 heavy (non-hydrogen) atoms. The maximum atomic E-state index is 12.9. The fourth-order valence-corrected chi connectivity index (χ4v) is 3.69. The Bertz CT molecular complexity index is 975. The van der Waals surface area contributed by atoms with Gasteiger partial charge in [-0.15, -0.1) is 6.58 Å². The molecule has 8 heteroatoms. The number of hydrogen-bond acceptors (Lipinski definition) is 6. The standard InChI is InChI=1S/C20H18ClN3O3S/c1-4-9-24-19(25)18(11-13-10-14(26-2)5-6-17(13)27-3)28-20(24)23-16-7-8-22-12-15(16)21/h4-8,10-12H,1,9H2,2-3H3/b18-11-,23-20?. The molecule has 1 fully saturated rings. The van der Waals surface area contributed by atoms with Gasteiger partial charge in [-0.3, -0.25) is 14.7 Å². The number of halogens is 1. The van der Waals surface area contributed by atoms with Crippen molar-refractivity contribution in [1.82, 2.24) is 9.88 Å². The molecule has 1 aromatic carbocycles. The highest BCUT2D eigenvalue weighted by Gasteiger charge is 2.33. The molecule has 1 aliphatic heterocycles. The molecular formula is C20H18ClN3O3S. The summed E-state index contributed by atoms with van der Waals surface area (Å²) in [5.74, 6) is 1.14. The van der Waals surface area contributed by atoms with Crippen LogP contribution in [0, 0.1) is 0 Å². The van der Waals surface area contributed by atoms with Crippen LogP contribution in [-0.2, 0) is 4.79 Å². The minimum Gasteiger partial charge on any atom is -0.497 e. The van der Waals surface area contributed by atoms with E-state index in [4.69, 9.17) is 21.1 Å². The molecule has 3 rings (SSSR count). The third kappa shape index (κ3) is 4.21. The first-order chi connectivity index (χ1) is 13.6. The Balaban J connectivity index is 2.02. The topological polar surface area (TPSA) is 64.0 Å². The molecule has 144 valence electrons. The van der Waals surface area contributed by atoms with Gasteiger partial charge in [0.05, 0.1) is 29.8 Å². The first-order valence-corrected chi connectivity index (χ1v) is 9.49. The minimum atomic E-state index is -0.168. The van der Waals surface area contributed by atoms with Crippen LogP contribution in [0.25, 0.3) is 6.08 Å². The number of amides is 1. The van der Waals surface area contributed by atoms with Crippen LogP contribution in [-0.4, -0.2) is 41.7 Å². The van der Waals surface area contributed by atoms with Crippen LogP contribution in [0.15, 0.2) is 59.2 Å². The minimum absolute atomic E-state index is 0.168. The van der Waals surface area contributed by atoms with Gasteiger partial charge in [0.25, 0.3) is 5.91 Å². The average molecular weight is 416 g/mol. The fourth-order valence-electron chi connectivity index (χ4n) is 2.54. The van der Waals surface area contributed by atoms with Gasteiger partial charge in [0, 0.05) is 24.5 Å². The second-order valence-electron chi connectivity index (χ2n) is 5.64. The van der Waals surface area contributed by atoms with Crippen molar-refractivity contribution in [2.75, 3.05) is 20.8 Å². The van der Waals surface area contributed by atoms with Gasteiger partial charge in [-0.25, -0.2) is 4.99 Å². The van der Waals surface area contributed by atoms with Crippen molar-refractivity contribution in [2.24, 2.45) is 4.99 Å². The molecule has 0 N–H and O–H groups in total. The average Bonchev–Trinajstić information content (AvgIpc) is 2.99. The van der Waals surface area contributed by atoms with Gasteiger partial charge in [-0.05, 0) is 42.1 Å². The van der Waals surface area contributed by atoms with Gasteiger partial charge in [0.2, 0.25) is 0 Å². The predicted molar refractivity (Wildman–Crippen MR) is 113 cm³/mol. The normalized spacial score (nSPS) is 16.7. The third-order valence-corrected chi connectivity index (χ3v) is 5.19. The summed E-state index contributed by atoms with van der Waals surface area (Å²) < 4.78 is 10.7. The number of rotatable bonds is 6. The van der Waals surface area contributed by atoms with Gasteiger partial charge < -0.3 is 9.47 Å². The van der Waals surface area contributed by atoms with Gasteiger partial charge >= 0.3 is 0 Å². The second kappa shape index (κ2) is 8.95. The zero-order valence-corrected chi connectivity index (χ0v) is 17.0. The summed E-state index contributed by atoms with van der Waals surface area (Å²) in [6.45, 7) is 4.06. The lowest BCUT2D eigenvalue weighted by atomic mass is 10.1. The molecule has 2 heterocycles. The van der Waals surface area contributed by atoms with Gasteiger partial charge in [0.15, 0.2) is 5.17 Å². The van der Waals surface area contributed by atoms with Crippen molar-refractivity contribution >= 4 is 46.2 Å². The number of thioether (sulfide) groups is 1. The third-order valence-electron chi connectivity index (χ3n) is 3.89.